The second-order valence-corrected chi connectivity index (χ2v) is 19.6. The van der Waals surface area contributed by atoms with Crippen molar-refractivity contribution >= 4 is 24.1 Å². The number of aliphatic hydroxyl groups excluding tert-OH is 1. The van der Waals surface area contributed by atoms with Crippen LogP contribution in [-0.4, -0.2) is 45.9 Å². The van der Waals surface area contributed by atoms with Gasteiger partial charge in [-0.05, 0) is 55.9 Å². The van der Waals surface area contributed by atoms with Crippen molar-refractivity contribution in [2.45, 2.75) is 128 Å². The maximum atomic E-state index is 13.5. The lowest BCUT2D eigenvalue weighted by Gasteiger charge is -2.46. The third kappa shape index (κ3) is 8.22. The van der Waals surface area contributed by atoms with Crippen molar-refractivity contribution in [2.24, 2.45) is 11.3 Å². The molecule has 0 bridgehead atoms. The minimum atomic E-state index is -3.95. The van der Waals surface area contributed by atoms with Crippen LogP contribution in [0.5, 0.6) is 0 Å². The maximum absolute atomic E-state index is 13.5. The number of Topliss-reactive ketones (excluding diaryl/α,β-unsaturated/α-hetero) is 1. The van der Waals surface area contributed by atoms with Gasteiger partial charge in [-0.3, -0.25) is 4.79 Å². The summed E-state index contributed by atoms with van der Waals surface area (Å²) in [7, 11) is -6.28. The van der Waals surface area contributed by atoms with Crippen molar-refractivity contribution in [1.29, 1.82) is 0 Å². The standard InChI is InChI=1S/C28H49NO5SSi/c1-20-15-17-22(18-16-20)35(32,33)29-25(23(30)19-24(31)27(2,3)4)26(21-13-11-10-12-14-21)34-36(8,9)28(5,6)7/h15-18,21,23,25-26,29-30H,10-14,19H2,1-9H3/t23-,25+,26+/m1/s1. The summed E-state index contributed by atoms with van der Waals surface area (Å²) in [6.45, 7) is 18.1. The predicted molar refractivity (Wildman–Crippen MR) is 149 cm³/mol. The highest BCUT2D eigenvalue weighted by atomic mass is 32.2. The number of aliphatic hydroxyl groups is 1. The zero-order valence-electron chi connectivity index (χ0n) is 23.8. The number of hydrogen-bond donors (Lipinski definition) is 2. The number of rotatable bonds is 10. The topological polar surface area (TPSA) is 92.7 Å². The Hall–Kier alpha value is -1.06. The second-order valence-electron chi connectivity index (χ2n) is 13.1. The molecule has 0 radical (unpaired) electrons. The molecule has 0 aliphatic heterocycles. The fourth-order valence-corrected chi connectivity index (χ4v) is 7.05. The van der Waals surface area contributed by atoms with Crippen molar-refractivity contribution < 1.29 is 22.7 Å². The molecule has 0 heterocycles. The zero-order chi connectivity index (χ0) is 27.5. The van der Waals surface area contributed by atoms with Gasteiger partial charge in [0.25, 0.3) is 0 Å². The van der Waals surface area contributed by atoms with E-state index in [1.165, 1.54) is 0 Å². The summed E-state index contributed by atoms with van der Waals surface area (Å²) in [5.74, 6) is 0.00207. The molecule has 1 aromatic rings. The van der Waals surface area contributed by atoms with E-state index in [9.17, 15) is 18.3 Å². The summed E-state index contributed by atoms with van der Waals surface area (Å²) in [4.78, 5) is 13.1. The Bertz CT molecular complexity index is 971. The molecular formula is C28H49NO5SSi. The number of hydrogen-bond acceptors (Lipinski definition) is 5. The maximum Gasteiger partial charge on any atom is 0.240 e. The van der Waals surface area contributed by atoms with Crippen LogP contribution in [0.2, 0.25) is 18.1 Å². The van der Waals surface area contributed by atoms with Crippen LogP contribution in [0.25, 0.3) is 0 Å². The van der Waals surface area contributed by atoms with E-state index >= 15 is 0 Å². The van der Waals surface area contributed by atoms with Crippen LogP contribution in [0.3, 0.4) is 0 Å². The Morgan fingerprint density at radius 1 is 1.06 bits per heavy atom. The molecule has 0 amide bonds. The lowest BCUT2D eigenvalue weighted by Crippen LogP contribution is -2.59. The molecule has 0 spiro atoms. The first kappa shape index (κ1) is 31.2. The van der Waals surface area contributed by atoms with Crippen molar-refractivity contribution in [3.05, 3.63) is 29.8 Å². The van der Waals surface area contributed by atoms with Crippen LogP contribution in [-0.2, 0) is 19.2 Å². The van der Waals surface area contributed by atoms with Crippen molar-refractivity contribution in [3.8, 4) is 0 Å². The number of nitrogens with one attached hydrogen (secondary N) is 1. The van der Waals surface area contributed by atoms with Crippen LogP contribution in [0, 0.1) is 18.3 Å². The van der Waals surface area contributed by atoms with E-state index in [1.807, 2.05) is 27.7 Å². The average Bonchev–Trinajstić information content (AvgIpc) is 2.75. The molecular weight excluding hydrogens is 490 g/mol. The van der Waals surface area contributed by atoms with Crippen LogP contribution < -0.4 is 4.72 Å². The average molecular weight is 540 g/mol. The number of carbonyl (C=O) groups excluding carboxylic acids is 1. The quantitative estimate of drug-likeness (QED) is 0.357. The normalized spacial score (nSPS) is 19.1. The fourth-order valence-electron chi connectivity index (χ4n) is 4.39. The molecule has 0 unspecified atom stereocenters. The third-order valence-corrected chi connectivity index (χ3v) is 13.9. The van der Waals surface area contributed by atoms with E-state index in [0.29, 0.717) is 0 Å². The van der Waals surface area contributed by atoms with Gasteiger partial charge in [0, 0.05) is 11.8 Å². The first-order valence-corrected chi connectivity index (χ1v) is 17.7. The molecule has 1 fully saturated rings. The first-order chi connectivity index (χ1) is 16.3. The minimum Gasteiger partial charge on any atom is -0.412 e. The number of aryl methyl sites for hydroxylation is 1. The van der Waals surface area contributed by atoms with Crippen LogP contribution in [0.15, 0.2) is 29.2 Å². The Morgan fingerprint density at radius 2 is 1.58 bits per heavy atom. The van der Waals surface area contributed by atoms with E-state index in [2.05, 4.69) is 38.6 Å². The summed E-state index contributed by atoms with van der Waals surface area (Å²) < 4.78 is 36.8. The highest BCUT2D eigenvalue weighted by molar-refractivity contribution is 7.89. The molecule has 206 valence electrons. The number of ketones is 1. The van der Waals surface area contributed by atoms with E-state index in [1.54, 1.807) is 24.3 Å². The Morgan fingerprint density at radius 3 is 2.06 bits per heavy atom. The number of carbonyl (C=O) groups is 1. The van der Waals surface area contributed by atoms with E-state index in [4.69, 9.17) is 4.43 Å². The van der Waals surface area contributed by atoms with Gasteiger partial charge in [0.05, 0.1) is 23.1 Å². The largest absolute Gasteiger partial charge is 0.412 e. The molecule has 1 aromatic carbocycles. The Balaban J connectivity index is 2.54. The van der Waals surface area contributed by atoms with Gasteiger partial charge < -0.3 is 9.53 Å². The van der Waals surface area contributed by atoms with Gasteiger partial charge in [0.1, 0.15) is 5.78 Å². The molecule has 0 aromatic heterocycles. The van der Waals surface area contributed by atoms with Crippen molar-refractivity contribution in [1.82, 2.24) is 4.72 Å². The fraction of sp³-hybridized carbons (Fsp3) is 0.750. The molecule has 36 heavy (non-hydrogen) atoms. The van der Waals surface area contributed by atoms with Crippen LogP contribution in [0.4, 0.5) is 0 Å². The van der Waals surface area contributed by atoms with Gasteiger partial charge in [-0.1, -0.05) is 78.5 Å². The number of benzene rings is 1. The van der Waals surface area contributed by atoms with Gasteiger partial charge in [-0.2, -0.15) is 0 Å². The highest BCUT2D eigenvalue weighted by Gasteiger charge is 2.46. The van der Waals surface area contributed by atoms with Gasteiger partial charge in [-0.25, -0.2) is 13.1 Å². The summed E-state index contributed by atoms with van der Waals surface area (Å²) in [5.41, 5.74) is 0.324. The van der Waals surface area contributed by atoms with Crippen LogP contribution >= 0.6 is 0 Å². The Kier molecular flexibility index (Phi) is 10.2. The summed E-state index contributed by atoms with van der Waals surface area (Å²) in [5, 5.41) is 11.4. The summed E-state index contributed by atoms with van der Waals surface area (Å²) >= 11 is 0. The lowest BCUT2D eigenvalue weighted by molar-refractivity contribution is -0.129. The van der Waals surface area contributed by atoms with Crippen molar-refractivity contribution in [2.75, 3.05) is 0 Å². The summed E-state index contributed by atoms with van der Waals surface area (Å²) in [6, 6.07) is 5.74. The summed E-state index contributed by atoms with van der Waals surface area (Å²) in [6.07, 6.45) is 3.24. The highest BCUT2D eigenvalue weighted by Crippen LogP contribution is 2.41. The SMILES string of the molecule is Cc1ccc(S(=O)(=O)N[C@@H]([C@H](O)CC(=O)C(C)(C)C)[C@@H](O[Si](C)(C)C(C)(C)C)C2CCCCC2)cc1. The lowest BCUT2D eigenvalue weighted by atomic mass is 9.80. The van der Waals surface area contributed by atoms with Crippen LogP contribution in [0.1, 0.15) is 85.6 Å². The number of sulfonamides is 1. The molecule has 6 nitrogen and oxygen atoms in total. The molecule has 8 heteroatoms. The monoisotopic (exact) mass is 539 g/mol. The van der Waals surface area contributed by atoms with Gasteiger partial charge in [0.15, 0.2) is 8.32 Å². The van der Waals surface area contributed by atoms with Gasteiger partial charge in [-0.15, -0.1) is 0 Å². The molecule has 0 saturated heterocycles. The Labute approximate surface area is 220 Å². The first-order valence-electron chi connectivity index (χ1n) is 13.3. The van der Waals surface area contributed by atoms with E-state index in [-0.39, 0.29) is 28.1 Å². The molecule has 1 aliphatic rings. The molecule has 2 N–H and O–H groups in total. The molecule has 2 rings (SSSR count). The third-order valence-electron chi connectivity index (χ3n) is 7.97. The smallest absolute Gasteiger partial charge is 0.240 e. The predicted octanol–water partition coefficient (Wildman–Crippen LogP) is 5.98. The molecule has 3 atom stereocenters. The van der Waals surface area contributed by atoms with E-state index < -0.39 is 42.0 Å². The van der Waals surface area contributed by atoms with Gasteiger partial charge in [0.2, 0.25) is 10.0 Å². The molecule has 1 saturated carbocycles. The minimum absolute atomic E-state index is 0.0908. The van der Waals surface area contributed by atoms with E-state index in [0.717, 1.165) is 37.7 Å². The van der Waals surface area contributed by atoms with Crippen molar-refractivity contribution in [3.63, 3.8) is 0 Å². The molecule has 1 aliphatic carbocycles. The van der Waals surface area contributed by atoms with Gasteiger partial charge >= 0.3 is 0 Å². The zero-order valence-corrected chi connectivity index (χ0v) is 25.7. The second kappa shape index (κ2) is 11.8.